The maximum Gasteiger partial charge on any atom is 0.251 e. The summed E-state index contributed by atoms with van der Waals surface area (Å²) in [5, 5.41) is 2.88. The highest BCUT2D eigenvalue weighted by molar-refractivity contribution is 6.20. The first-order valence-electron chi connectivity index (χ1n) is 6.18. The highest BCUT2D eigenvalue weighted by Crippen LogP contribution is 2.06. The van der Waals surface area contributed by atoms with Gasteiger partial charge in [0.15, 0.2) is 0 Å². The molecule has 2 nitrogen and oxygen atoms in total. The number of alkyl halides is 1. The molecule has 0 heterocycles. The van der Waals surface area contributed by atoms with Gasteiger partial charge >= 0.3 is 0 Å². The number of nitrogens with one attached hydrogen (secondary N) is 1. The van der Waals surface area contributed by atoms with Crippen molar-refractivity contribution in [3.8, 4) is 0 Å². The molecular formula is C14H20ClNO. The van der Waals surface area contributed by atoms with Gasteiger partial charge in [-0.1, -0.05) is 32.4 Å². The molecule has 1 aromatic carbocycles. The Morgan fingerprint density at radius 3 is 2.47 bits per heavy atom. The molecule has 0 saturated heterocycles. The van der Waals surface area contributed by atoms with E-state index in [-0.39, 0.29) is 11.3 Å². The number of halogens is 1. The van der Waals surface area contributed by atoms with Crippen molar-refractivity contribution in [3.05, 3.63) is 35.4 Å². The summed E-state index contributed by atoms with van der Waals surface area (Å²) in [4.78, 5) is 11.8. The molecule has 94 valence electrons. The van der Waals surface area contributed by atoms with Gasteiger partial charge < -0.3 is 5.32 Å². The SMILES string of the molecule is CCCC(Cl)CNC(=O)c1ccc(CC)cc1. The predicted molar refractivity (Wildman–Crippen MR) is 72.7 cm³/mol. The van der Waals surface area contributed by atoms with E-state index < -0.39 is 0 Å². The lowest BCUT2D eigenvalue weighted by atomic mass is 10.1. The minimum absolute atomic E-state index is 0.0267. The molecule has 0 aliphatic heterocycles. The molecule has 0 aliphatic carbocycles. The van der Waals surface area contributed by atoms with E-state index in [1.165, 1.54) is 5.56 Å². The van der Waals surface area contributed by atoms with Crippen LogP contribution in [0.4, 0.5) is 0 Å². The number of carbonyl (C=O) groups is 1. The maximum absolute atomic E-state index is 11.8. The van der Waals surface area contributed by atoms with Crippen LogP contribution in [0.1, 0.15) is 42.6 Å². The van der Waals surface area contributed by atoms with Gasteiger partial charge in [0.05, 0.1) is 5.38 Å². The highest BCUT2D eigenvalue weighted by Gasteiger charge is 2.08. The summed E-state index contributed by atoms with van der Waals surface area (Å²) >= 11 is 6.05. The number of amides is 1. The molecule has 0 fully saturated rings. The van der Waals surface area contributed by atoms with Crippen molar-refractivity contribution >= 4 is 17.5 Å². The molecule has 0 saturated carbocycles. The third-order valence-electron chi connectivity index (χ3n) is 2.71. The molecule has 3 heteroatoms. The molecule has 1 unspecified atom stereocenters. The van der Waals surface area contributed by atoms with Crippen molar-refractivity contribution < 1.29 is 4.79 Å². The molecule has 0 aliphatic rings. The van der Waals surface area contributed by atoms with Crippen LogP contribution in [0, 0.1) is 0 Å². The fraction of sp³-hybridized carbons (Fsp3) is 0.500. The molecule has 0 bridgehead atoms. The van der Waals surface area contributed by atoms with E-state index in [1.807, 2.05) is 24.3 Å². The van der Waals surface area contributed by atoms with E-state index in [4.69, 9.17) is 11.6 Å². The van der Waals surface area contributed by atoms with Crippen molar-refractivity contribution in [2.24, 2.45) is 0 Å². The van der Waals surface area contributed by atoms with Crippen molar-refractivity contribution in [2.45, 2.75) is 38.5 Å². The van der Waals surface area contributed by atoms with E-state index in [0.29, 0.717) is 12.1 Å². The van der Waals surface area contributed by atoms with E-state index in [9.17, 15) is 4.79 Å². The quantitative estimate of drug-likeness (QED) is 0.774. The Bertz CT molecular complexity index is 348. The summed E-state index contributed by atoms with van der Waals surface area (Å²) < 4.78 is 0. The van der Waals surface area contributed by atoms with E-state index in [2.05, 4.69) is 19.2 Å². The van der Waals surface area contributed by atoms with Crippen LogP contribution in [-0.2, 0) is 6.42 Å². The lowest BCUT2D eigenvalue weighted by molar-refractivity contribution is 0.0953. The highest BCUT2D eigenvalue weighted by atomic mass is 35.5. The van der Waals surface area contributed by atoms with E-state index in [1.54, 1.807) is 0 Å². The molecular weight excluding hydrogens is 234 g/mol. The summed E-state index contributed by atoms with van der Waals surface area (Å²) in [7, 11) is 0. The van der Waals surface area contributed by atoms with Crippen LogP contribution >= 0.6 is 11.6 Å². The minimum atomic E-state index is -0.0468. The van der Waals surface area contributed by atoms with Crippen LogP contribution in [0.15, 0.2) is 24.3 Å². The van der Waals surface area contributed by atoms with Crippen molar-refractivity contribution in [1.82, 2.24) is 5.32 Å². The molecule has 1 amide bonds. The average Bonchev–Trinajstić information content (AvgIpc) is 2.36. The standard InChI is InChI=1S/C14H20ClNO/c1-3-5-13(15)10-16-14(17)12-8-6-11(4-2)7-9-12/h6-9,13H,3-5,10H2,1-2H3,(H,16,17). The third-order valence-corrected chi connectivity index (χ3v) is 3.08. The fourth-order valence-electron chi connectivity index (χ4n) is 1.61. The molecule has 1 atom stereocenters. The van der Waals surface area contributed by atoms with Crippen molar-refractivity contribution in [2.75, 3.05) is 6.54 Å². The van der Waals surface area contributed by atoms with Gasteiger partial charge in [-0.25, -0.2) is 0 Å². The van der Waals surface area contributed by atoms with Gasteiger partial charge in [-0.05, 0) is 30.5 Å². The molecule has 17 heavy (non-hydrogen) atoms. The predicted octanol–water partition coefficient (Wildman–Crippen LogP) is 3.39. The average molecular weight is 254 g/mol. The summed E-state index contributed by atoms with van der Waals surface area (Å²) in [6, 6.07) is 7.69. The van der Waals surface area contributed by atoms with Crippen LogP contribution in [-0.4, -0.2) is 17.8 Å². The Hall–Kier alpha value is -1.02. The normalized spacial score (nSPS) is 12.2. The van der Waals surface area contributed by atoms with Crippen LogP contribution in [0.3, 0.4) is 0 Å². The van der Waals surface area contributed by atoms with E-state index in [0.717, 1.165) is 19.3 Å². The largest absolute Gasteiger partial charge is 0.351 e. The molecule has 0 spiro atoms. The van der Waals surface area contributed by atoms with Crippen LogP contribution in [0.25, 0.3) is 0 Å². The Labute approximate surface area is 108 Å². The second kappa shape index (κ2) is 7.33. The third kappa shape index (κ3) is 4.78. The second-order valence-electron chi connectivity index (χ2n) is 4.15. The zero-order valence-corrected chi connectivity index (χ0v) is 11.3. The van der Waals surface area contributed by atoms with Crippen LogP contribution in [0.2, 0.25) is 0 Å². The van der Waals surface area contributed by atoms with Gasteiger partial charge in [-0.3, -0.25) is 4.79 Å². The minimum Gasteiger partial charge on any atom is -0.351 e. The first kappa shape index (κ1) is 14.0. The molecule has 1 N–H and O–H groups in total. The number of hydrogen-bond acceptors (Lipinski definition) is 1. The maximum atomic E-state index is 11.8. The zero-order valence-electron chi connectivity index (χ0n) is 10.5. The number of carbonyl (C=O) groups excluding carboxylic acids is 1. The number of benzene rings is 1. The van der Waals surface area contributed by atoms with Gasteiger partial charge in [0.1, 0.15) is 0 Å². The van der Waals surface area contributed by atoms with Crippen molar-refractivity contribution in [1.29, 1.82) is 0 Å². The van der Waals surface area contributed by atoms with Crippen molar-refractivity contribution in [3.63, 3.8) is 0 Å². The molecule has 1 aromatic rings. The van der Waals surface area contributed by atoms with Gasteiger partial charge in [0, 0.05) is 12.1 Å². The summed E-state index contributed by atoms with van der Waals surface area (Å²) in [5.74, 6) is -0.0468. The lowest BCUT2D eigenvalue weighted by Gasteiger charge is -2.10. The Balaban J connectivity index is 2.46. The summed E-state index contributed by atoms with van der Waals surface area (Å²) in [5.41, 5.74) is 1.94. The summed E-state index contributed by atoms with van der Waals surface area (Å²) in [6.07, 6.45) is 2.95. The number of aryl methyl sites for hydroxylation is 1. The first-order valence-corrected chi connectivity index (χ1v) is 6.62. The molecule has 0 aromatic heterocycles. The molecule has 0 radical (unpaired) electrons. The summed E-state index contributed by atoms with van der Waals surface area (Å²) in [6.45, 7) is 4.71. The number of hydrogen-bond donors (Lipinski definition) is 1. The second-order valence-corrected chi connectivity index (χ2v) is 4.76. The first-order chi connectivity index (χ1) is 8.17. The number of rotatable bonds is 6. The Morgan fingerprint density at radius 2 is 1.94 bits per heavy atom. The molecule has 1 rings (SSSR count). The smallest absolute Gasteiger partial charge is 0.251 e. The van der Waals surface area contributed by atoms with Gasteiger partial charge in [0.25, 0.3) is 5.91 Å². The van der Waals surface area contributed by atoms with Gasteiger partial charge in [-0.15, -0.1) is 11.6 Å². The van der Waals surface area contributed by atoms with E-state index >= 15 is 0 Å². The Kier molecular flexibility index (Phi) is 6.06. The Morgan fingerprint density at radius 1 is 1.29 bits per heavy atom. The topological polar surface area (TPSA) is 29.1 Å². The fourth-order valence-corrected chi connectivity index (χ4v) is 1.91. The van der Waals surface area contributed by atoms with Crippen LogP contribution in [0.5, 0.6) is 0 Å². The van der Waals surface area contributed by atoms with Gasteiger partial charge in [-0.2, -0.15) is 0 Å². The lowest BCUT2D eigenvalue weighted by Crippen LogP contribution is -2.29. The van der Waals surface area contributed by atoms with Gasteiger partial charge in [0.2, 0.25) is 0 Å². The monoisotopic (exact) mass is 253 g/mol. The van der Waals surface area contributed by atoms with Crippen LogP contribution < -0.4 is 5.32 Å². The zero-order chi connectivity index (χ0) is 12.7.